The highest BCUT2D eigenvalue weighted by atomic mass is 16.7. The number of nitrogens with one attached hydrogen (secondary N) is 2. The van der Waals surface area contributed by atoms with Gasteiger partial charge in [0.1, 0.15) is 11.7 Å². The first-order chi connectivity index (χ1) is 18.8. The molecule has 6 rings (SSSR count). The highest BCUT2D eigenvalue weighted by Gasteiger charge is 2.54. The van der Waals surface area contributed by atoms with Gasteiger partial charge in [0.05, 0.1) is 25.7 Å². The summed E-state index contributed by atoms with van der Waals surface area (Å²) in [6.07, 6.45) is 7.82. The van der Waals surface area contributed by atoms with Crippen LogP contribution in [0.1, 0.15) is 61.3 Å². The smallest absolute Gasteiger partial charge is 0.277 e. The second kappa shape index (κ2) is 10.2. The Bertz CT molecular complexity index is 1300. The van der Waals surface area contributed by atoms with E-state index in [1.165, 1.54) is 12.5 Å². The second-order valence-electron chi connectivity index (χ2n) is 11.8. The lowest BCUT2D eigenvalue weighted by atomic mass is 9.86. The number of carbonyl (C=O) groups is 2. The normalized spacial score (nSPS) is 26.6. The van der Waals surface area contributed by atoms with Crippen molar-refractivity contribution in [2.75, 3.05) is 18.1 Å². The Kier molecular flexibility index (Phi) is 6.72. The van der Waals surface area contributed by atoms with Crippen LogP contribution in [-0.4, -0.2) is 52.3 Å². The minimum absolute atomic E-state index is 0.00524. The number of nitrogens with zero attached hydrogens (tertiary/aromatic N) is 3. The minimum atomic E-state index is -0.928. The summed E-state index contributed by atoms with van der Waals surface area (Å²) in [6.45, 7) is 7.72. The number of benzene rings is 1. The van der Waals surface area contributed by atoms with Crippen molar-refractivity contribution in [1.29, 1.82) is 0 Å². The van der Waals surface area contributed by atoms with Crippen LogP contribution in [-0.2, 0) is 19.7 Å². The summed E-state index contributed by atoms with van der Waals surface area (Å²) in [5, 5.41) is 3.35. The zero-order chi connectivity index (χ0) is 27.1. The molecule has 2 unspecified atom stereocenters. The number of amides is 2. The number of aromatic nitrogens is 3. The Hall–Kier alpha value is -3.56. The number of rotatable bonds is 6. The maximum absolute atomic E-state index is 14.3. The van der Waals surface area contributed by atoms with Gasteiger partial charge in [-0.1, -0.05) is 39.0 Å². The van der Waals surface area contributed by atoms with Crippen molar-refractivity contribution in [3.63, 3.8) is 0 Å². The van der Waals surface area contributed by atoms with Gasteiger partial charge in [0.25, 0.3) is 5.91 Å². The Morgan fingerprint density at radius 2 is 1.92 bits per heavy atom. The first-order valence-corrected chi connectivity index (χ1v) is 13.7. The summed E-state index contributed by atoms with van der Waals surface area (Å²) in [7, 11) is 0. The standard InChI is InChI=1S/C30H35N5O4/c1-30(2,3)20-6-8-21(9-7-20)35(28(37)24-15-32-17-33-24)26(18-5-4-11-31-14-18)27(36)34-23-13-19-16-39-29-25(19)22(23)10-12-38-29/h4-9,11,14-15,17,19,22-23,25-26,29H,10,12-13,16H2,1-3H3,(H,32,33)(H,34,36)/t19?,22-,23-,25+,26?,29+/m1/s1. The van der Waals surface area contributed by atoms with Crippen LogP contribution in [0.25, 0.3) is 0 Å². The van der Waals surface area contributed by atoms with Crippen molar-refractivity contribution < 1.29 is 19.1 Å². The van der Waals surface area contributed by atoms with E-state index in [9.17, 15) is 9.59 Å². The summed E-state index contributed by atoms with van der Waals surface area (Å²) in [5.41, 5.74) is 2.64. The predicted octanol–water partition coefficient (Wildman–Crippen LogP) is 4.00. The van der Waals surface area contributed by atoms with Crippen LogP contribution in [0.2, 0.25) is 0 Å². The molecular weight excluding hydrogens is 494 g/mol. The molecule has 1 aromatic carbocycles. The first-order valence-electron chi connectivity index (χ1n) is 13.7. The summed E-state index contributed by atoms with van der Waals surface area (Å²) >= 11 is 0. The Morgan fingerprint density at radius 3 is 2.62 bits per heavy atom. The molecule has 1 aliphatic carbocycles. The van der Waals surface area contributed by atoms with Crippen LogP contribution in [0, 0.1) is 17.8 Å². The maximum atomic E-state index is 14.3. The summed E-state index contributed by atoms with van der Waals surface area (Å²) in [6, 6.07) is 10.5. The molecule has 3 fully saturated rings. The molecule has 39 heavy (non-hydrogen) atoms. The number of carbonyl (C=O) groups excluding carboxylic acids is 2. The number of anilines is 1. The van der Waals surface area contributed by atoms with Gasteiger partial charge >= 0.3 is 0 Å². The van der Waals surface area contributed by atoms with Crippen molar-refractivity contribution in [3.8, 4) is 0 Å². The lowest BCUT2D eigenvalue weighted by Gasteiger charge is -2.35. The van der Waals surface area contributed by atoms with E-state index in [1.54, 1.807) is 23.4 Å². The van der Waals surface area contributed by atoms with Gasteiger partial charge in [-0.25, -0.2) is 4.98 Å². The third kappa shape index (κ3) is 4.85. The molecule has 2 amide bonds. The van der Waals surface area contributed by atoms with Crippen molar-refractivity contribution >= 4 is 17.5 Å². The van der Waals surface area contributed by atoms with Crippen LogP contribution < -0.4 is 10.2 Å². The Balaban J connectivity index is 1.37. The fourth-order valence-electron chi connectivity index (χ4n) is 6.47. The summed E-state index contributed by atoms with van der Waals surface area (Å²) < 4.78 is 11.7. The molecule has 2 aromatic heterocycles. The number of pyridine rings is 1. The molecule has 0 radical (unpaired) electrons. The average molecular weight is 530 g/mol. The molecular formula is C30H35N5O4. The van der Waals surface area contributed by atoms with Gasteiger partial charge in [-0.2, -0.15) is 0 Å². The largest absolute Gasteiger partial charge is 0.352 e. The third-order valence-corrected chi connectivity index (χ3v) is 8.43. The minimum Gasteiger partial charge on any atom is -0.352 e. The van der Waals surface area contributed by atoms with Crippen molar-refractivity contribution in [1.82, 2.24) is 20.3 Å². The van der Waals surface area contributed by atoms with Gasteiger partial charge in [0.2, 0.25) is 5.91 Å². The second-order valence-corrected chi connectivity index (χ2v) is 11.8. The Morgan fingerprint density at radius 1 is 1.10 bits per heavy atom. The van der Waals surface area contributed by atoms with Gasteiger partial charge in [-0.05, 0) is 53.9 Å². The molecule has 9 heteroatoms. The van der Waals surface area contributed by atoms with E-state index in [-0.39, 0.29) is 35.5 Å². The van der Waals surface area contributed by atoms with Crippen molar-refractivity contribution in [2.24, 2.45) is 17.8 Å². The van der Waals surface area contributed by atoms with E-state index in [0.29, 0.717) is 42.0 Å². The highest BCUT2D eigenvalue weighted by molar-refractivity contribution is 6.09. The number of ether oxygens (including phenoxy) is 2. The maximum Gasteiger partial charge on any atom is 0.277 e. The van der Waals surface area contributed by atoms with Crippen molar-refractivity contribution in [2.45, 2.75) is 57.4 Å². The van der Waals surface area contributed by atoms with Crippen molar-refractivity contribution in [3.05, 3.63) is 78.1 Å². The van der Waals surface area contributed by atoms with Crippen LogP contribution in [0.15, 0.2) is 61.3 Å². The van der Waals surface area contributed by atoms with Gasteiger partial charge < -0.3 is 19.8 Å². The number of imidazole rings is 1. The molecule has 204 valence electrons. The van der Waals surface area contributed by atoms with Crippen LogP contribution >= 0.6 is 0 Å². The molecule has 2 saturated heterocycles. The van der Waals surface area contributed by atoms with Gasteiger partial charge in [-0.15, -0.1) is 0 Å². The lowest BCUT2D eigenvalue weighted by molar-refractivity contribution is -0.167. The van der Waals surface area contributed by atoms with Crippen LogP contribution in [0.5, 0.6) is 0 Å². The molecule has 0 bridgehead atoms. The SMILES string of the molecule is CC(C)(C)c1ccc(N(C(=O)c2cnc[nH]2)C(C(=O)N[C@@H]2CC3CO[C@@H]4OCC[C@H]2[C@H]34)c2cccnc2)cc1. The number of hydrogen-bond acceptors (Lipinski definition) is 6. The molecule has 0 spiro atoms. The topological polar surface area (TPSA) is 109 Å². The van der Waals surface area contributed by atoms with E-state index < -0.39 is 6.04 Å². The quantitative estimate of drug-likeness (QED) is 0.500. The summed E-state index contributed by atoms with van der Waals surface area (Å²) in [5.74, 6) is 0.383. The average Bonchev–Trinajstić information content (AvgIpc) is 3.69. The van der Waals surface area contributed by atoms with Crippen LogP contribution in [0.3, 0.4) is 0 Å². The predicted molar refractivity (Wildman–Crippen MR) is 145 cm³/mol. The molecule has 4 heterocycles. The number of hydrogen-bond donors (Lipinski definition) is 2. The molecule has 2 N–H and O–H groups in total. The van der Waals surface area contributed by atoms with E-state index in [2.05, 4.69) is 41.0 Å². The summed E-state index contributed by atoms with van der Waals surface area (Å²) in [4.78, 5) is 41.1. The number of H-pyrrole nitrogens is 1. The van der Waals surface area contributed by atoms with Gasteiger partial charge in [-0.3, -0.25) is 19.5 Å². The molecule has 3 aliphatic rings. The van der Waals surface area contributed by atoms with Gasteiger partial charge in [0, 0.05) is 35.6 Å². The van der Waals surface area contributed by atoms with E-state index in [4.69, 9.17) is 9.47 Å². The van der Waals surface area contributed by atoms with E-state index >= 15 is 0 Å². The Labute approximate surface area is 228 Å². The van der Waals surface area contributed by atoms with E-state index in [1.807, 2.05) is 30.3 Å². The molecule has 9 nitrogen and oxygen atoms in total. The molecule has 6 atom stereocenters. The van der Waals surface area contributed by atoms with Crippen LogP contribution in [0.4, 0.5) is 5.69 Å². The number of aromatic amines is 1. The lowest BCUT2D eigenvalue weighted by Crippen LogP contribution is -2.49. The first kappa shape index (κ1) is 25.7. The van der Waals surface area contributed by atoms with Gasteiger partial charge in [0.15, 0.2) is 6.29 Å². The molecule has 1 saturated carbocycles. The van der Waals surface area contributed by atoms with E-state index in [0.717, 1.165) is 18.4 Å². The zero-order valence-electron chi connectivity index (χ0n) is 22.5. The molecule has 2 aliphatic heterocycles. The fourth-order valence-corrected chi connectivity index (χ4v) is 6.47. The molecule has 3 aromatic rings. The fraction of sp³-hybridized carbons (Fsp3) is 0.467. The highest BCUT2D eigenvalue weighted by Crippen LogP contribution is 2.49. The zero-order valence-corrected chi connectivity index (χ0v) is 22.5. The monoisotopic (exact) mass is 529 g/mol. The third-order valence-electron chi connectivity index (χ3n) is 8.43.